The number of hydrazine groups is 1. The number of rotatable bonds is 2. The Morgan fingerprint density at radius 3 is 2.61 bits per heavy atom. The summed E-state index contributed by atoms with van der Waals surface area (Å²) in [5.74, 6) is -0.702. The van der Waals surface area contributed by atoms with Gasteiger partial charge in [0.25, 0.3) is 5.91 Å². The monoisotopic (exact) mass is 315 g/mol. The van der Waals surface area contributed by atoms with Crippen LogP contribution in [-0.2, 0) is 0 Å². The van der Waals surface area contributed by atoms with Crippen molar-refractivity contribution in [2.75, 3.05) is 33.2 Å². The maximum atomic E-state index is 13.3. The van der Waals surface area contributed by atoms with Gasteiger partial charge in [-0.1, -0.05) is 0 Å². The van der Waals surface area contributed by atoms with Crippen molar-refractivity contribution in [3.05, 3.63) is 34.1 Å². The van der Waals surface area contributed by atoms with Gasteiger partial charge in [0.15, 0.2) is 0 Å². The molecule has 0 aromatic heterocycles. The molecule has 0 aliphatic carbocycles. The van der Waals surface area contributed by atoms with Crippen LogP contribution in [0.1, 0.15) is 10.4 Å². The Kier molecular flexibility index (Phi) is 4.31. The Morgan fingerprint density at radius 2 is 2.00 bits per heavy atom. The van der Waals surface area contributed by atoms with Crippen molar-refractivity contribution in [2.24, 2.45) is 0 Å². The molecule has 0 spiro atoms. The summed E-state index contributed by atoms with van der Waals surface area (Å²) in [4.78, 5) is 14.1. The lowest BCUT2D eigenvalue weighted by molar-refractivity contribution is 0.0662. The van der Waals surface area contributed by atoms with Crippen molar-refractivity contribution in [3.63, 3.8) is 0 Å². The van der Waals surface area contributed by atoms with E-state index in [1.807, 2.05) is 12.1 Å². The van der Waals surface area contributed by atoms with Crippen molar-refractivity contribution in [2.45, 2.75) is 0 Å². The third kappa shape index (κ3) is 3.28. The van der Waals surface area contributed by atoms with E-state index < -0.39 is 5.82 Å². The van der Waals surface area contributed by atoms with E-state index in [1.54, 1.807) is 6.07 Å². The molecule has 1 saturated heterocycles. The second-order valence-corrected chi connectivity index (χ2v) is 5.21. The number of carbonyl (C=O) groups is 1. The summed E-state index contributed by atoms with van der Waals surface area (Å²) < 4.78 is 13.7. The van der Waals surface area contributed by atoms with Crippen LogP contribution in [0.4, 0.5) is 4.39 Å². The number of carbonyl (C=O) groups excluding carboxylic acids is 1. The molecule has 1 fully saturated rings. The third-order valence-electron chi connectivity index (χ3n) is 2.94. The van der Waals surface area contributed by atoms with Crippen LogP contribution < -0.4 is 5.43 Å². The first kappa shape index (κ1) is 13.5. The van der Waals surface area contributed by atoms with Crippen molar-refractivity contribution in [1.82, 2.24) is 15.3 Å². The maximum absolute atomic E-state index is 13.3. The van der Waals surface area contributed by atoms with Crippen LogP contribution in [0.3, 0.4) is 0 Å². The van der Waals surface area contributed by atoms with E-state index in [-0.39, 0.29) is 5.91 Å². The molecule has 4 nitrogen and oxygen atoms in total. The molecule has 0 bridgehead atoms. The van der Waals surface area contributed by atoms with E-state index in [2.05, 4.69) is 26.3 Å². The summed E-state index contributed by atoms with van der Waals surface area (Å²) in [5.41, 5.74) is 3.12. The zero-order valence-corrected chi connectivity index (χ0v) is 11.7. The SMILES string of the molecule is CN1CCN(NC(=O)c2ccc(Br)c(F)c2)CC1. The number of hydrogen-bond acceptors (Lipinski definition) is 3. The van der Waals surface area contributed by atoms with Gasteiger partial charge in [-0.25, -0.2) is 9.40 Å². The Labute approximate surface area is 114 Å². The van der Waals surface area contributed by atoms with E-state index in [0.29, 0.717) is 10.0 Å². The third-order valence-corrected chi connectivity index (χ3v) is 3.59. The summed E-state index contributed by atoms with van der Waals surface area (Å²) in [6, 6.07) is 4.36. The first-order chi connectivity index (χ1) is 8.56. The largest absolute Gasteiger partial charge is 0.304 e. The summed E-state index contributed by atoms with van der Waals surface area (Å²) in [5, 5.41) is 1.86. The summed E-state index contributed by atoms with van der Waals surface area (Å²) in [6.07, 6.45) is 0. The quantitative estimate of drug-likeness (QED) is 0.898. The fraction of sp³-hybridized carbons (Fsp3) is 0.417. The lowest BCUT2D eigenvalue weighted by Gasteiger charge is -2.32. The van der Waals surface area contributed by atoms with E-state index in [0.717, 1.165) is 26.2 Å². The highest BCUT2D eigenvalue weighted by molar-refractivity contribution is 9.10. The fourth-order valence-electron chi connectivity index (χ4n) is 1.76. The first-order valence-electron chi connectivity index (χ1n) is 5.76. The van der Waals surface area contributed by atoms with Crippen molar-refractivity contribution in [1.29, 1.82) is 0 Å². The maximum Gasteiger partial charge on any atom is 0.265 e. The average Bonchev–Trinajstić information content (AvgIpc) is 2.35. The Morgan fingerprint density at radius 1 is 1.33 bits per heavy atom. The molecule has 1 heterocycles. The minimum atomic E-state index is -0.430. The molecule has 1 N–H and O–H groups in total. The molecular formula is C12H15BrFN3O. The summed E-state index contributed by atoms with van der Waals surface area (Å²) in [7, 11) is 2.04. The Bertz CT molecular complexity index is 447. The number of likely N-dealkylation sites (N-methyl/N-ethyl adjacent to an activating group) is 1. The molecule has 6 heteroatoms. The molecular weight excluding hydrogens is 301 g/mol. The van der Waals surface area contributed by atoms with Gasteiger partial charge in [0.2, 0.25) is 0 Å². The van der Waals surface area contributed by atoms with Gasteiger partial charge in [-0.3, -0.25) is 10.2 Å². The van der Waals surface area contributed by atoms with Crippen LogP contribution in [0.15, 0.2) is 22.7 Å². The molecule has 1 aromatic rings. The topological polar surface area (TPSA) is 35.6 Å². The number of nitrogens with one attached hydrogen (secondary N) is 1. The van der Waals surface area contributed by atoms with Gasteiger partial charge in [-0.2, -0.15) is 0 Å². The molecule has 1 amide bonds. The number of halogens is 2. The van der Waals surface area contributed by atoms with Crippen LogP contribution in [0, 0.1) is 5.82 Å². The van der Waals surface area contributed by atoms with Gasteiger partial charge in [0.1, 0.15) is 5.82 Å². The van der Waals surface area contributed by atoms with Gasteiger partial charge in [-0.05, 0) is 41.2 Å². The number of benzene rings is 1. The van der Waals surface area contributed by atoms with E-state index in [1.165, 1.54) is 12.1 Å². The van der Waals surface area contributed by atoms with Gasteiger partial charge >= 0.3 is 0 Å². The predicted octanol–water partition coefficient (Wildman–Crippen LogP) is 1.48. The normalized spacial score (nSPS) is 17.7. The zero-order chi connectivity index (χ0) is 13.1. The highest BCUT2D eigenvalue weighted by atomic mass is 79.9. The average molecular weight is 316 g/mol. The summed E-state index contributed by atoms with van der Waals surface area (Å²) in [6.45, 7) is 3.38. The highest BCUT2D eigenvalue weighted by Gasteiger charge is 2.17. The van der Waals surface area contributed by atoms with Crippen LogP contribution in [0.25, 0.3) is 0 Å². The number of nitrogens with zero attached hydrogens (tertiary/aromatic N) is 2. The number of hydrogen-bond donors (Lipinski definition) is 1. The van der Waals surface area contributed by atoms with Crippen molar-refractivity contribution >= 4 is 21.8 Å². The molecule has 1 aliphatic heterocycles. The molecule has 1 aromatic carbocycles. The molecule has 0 atom stereocenters. The second-order valence-electron chi connectivity index (χ2n) is 4.36. The standard InChI is InChI=1S/C12H15BrFN3O/c1-16-4-6-17(7-5-16)15-12(18)9-2-3-10(13)11(14)8-9/h2-3,8H,4-7H2,1H3,(H,15,18). The Hall–Kier alpha value is -0.980. The van der Waals surface area contributed by atoms with Gasteiger partial charge in [0.05, 0.1) is 4.47 Å². The second kappa shape index (κ2) is 5.77. The fourth-order valence-corrected chi connectivity index (χ4v) is 2.01. The molecule has 2 rings (SSSR count). The van der Waals surface area contributed by atoms with Crippen LogP contribution >= 0.6 is 15.9 Å². The van der Waals surface area contributed by atoms with Gasteiger partial charge < -0.3 is 4.90 Å². The molecule has 0 radical (unpaired) electrons. The van der Waals surface area contributed by atoms with Crippen LogP contribution in [-0.4, -0.2) is 49.0 Å². The van der Waals surface area contributed by atoms with Gasteiger partial charge in [0, 0.05) is 31.7 Å². The number of piperazine rings is 1. The molecule has 18 heavy (non-hydrogen) atoms. The molecule has 0 unspecified atom stereocenters. The minimum absolute atomic E-state index is 0.272. The Balaban J connectivity index is 1.97. The highest BCUT2D eigenvalue weighted by Crippen LogP contribution is 2.16. The predicted molar refractivity (Wildman–Crippen MR) is 70.6 cm³/mol. The summed E-state index contributed by atoms with van der Waals surface area (Å²) >= 11 is 3.06. The smallest absolute Gasteiger partial charge is 0.265 e. The van der Waals surface area contributed by atoms with Crippen molar-refractivity contribution < 1.29 is 9.18 Å². The number of amides is 1. The van der Waals surface area contributed by atoms with Crippen LogP contribution in [0.5, 0.6) is 0 Å². The van der Waals surface area contributed by atoms with Crippen molar-refractivity contribution in [3.8, 4) is 0 Å². The molecule has 98 valence electrons. The first-order valence-corrected chi connectivity index (χ1v) is 6.55. The molecule has 1 aliphatic rings. The van der Waals surface area contributed by atoms with E-state index >= 15 is 0 Å². The van der Waals surface area contributed by atoms with E-state index in [9.17, 15) is 9.18 Å². The van der Waals surface area contributed by atoms with E-state index in [4.69, 9.17) is 0 Å². The zero-order valence-electron chi connectivity index (χ0n) is 10.1. The van der Waals surface area contributed by atoms with Gasteiger partial charge in [-0.15, -0.1) is 0 Å². The lowest BCUT2D eigenvalue weighted by Crippen LogP contribution is -2.52. The van der Waals surface area contributed by atoms with Crippen LogP contribution in [0.2, 0.25) is 0 Å². The lowest BCUT2D eigenvalue weighted by atomic mass is 10.2. The minimum Gasteiger partial charge on any atom is -0.304 e. The molecule has 0 saturated carbocycles.